The number of anilines is 1. The van der Waals surface area contributed by atoms with E-state index in [9.17, 15) is 0 Å². The highest BCUT2D eigenvalue weighted by atomic mass is 15.3. The lowest BCUT2D eigenvalue weighted by Gasteiger charge is -2.34. The molecule has 1 aromatic heterocycles. The van der Waals surface area contributed by atoms with Crippen LogP contribution in [0.4, 0.5) is 5.82 Å². The number of hydrogen-bond donors (Lipinski definition) is 2. The van der Waals surface area contributed by atoms with E-state index in [1.807, 2.05) is 13.2 Å². The molecule has 1 atom stereocenters. The molecule has 28 heavy (non-hydrogen) atoms. The van der Waals surface area contributed by atoms with Gasteiger partial charge in [0.25, 0.3) is 0 Å². The minimum Gasteiger partial charge on any atom is -0.354 e. The SMILES string of the molecule is CCN1CCN(c2ccc(CNC(=NC)NC(C)CCC(C)(C)C)cn2)CC1. The molecular formula is C22H40N6. The molecule has 0 amide bonds. The molecule has 0 bridgehead atoms. The lowest BCUT2D eigenvalue weighted by atomic mass is 9.89. The largest absolute Gasteiger partial charge is 0.354 e. The fraction of sp³-hybridized carbons (Fsp3) is 0.727. The van der Waals surface area contributed by atoms with Crippen LogP contribution in [0.3, 0.4) is 0 Å². The van der Waals surface area contributed by atoms with Crippen molar-refractivity contribution < 1.29 is 0 Å². The van der Waals surface area contributed by atoms with Gasteiger partial charge in [0, 0.05) is 52.0 Å². The summed E-state index contributed by atoms with van der Waals surface area (Å²) in [6, 6.07) is 4.70. The van der Waals surface area contributed by atoms with Crippen LogP contribution in [-0.2, 0) is 6.54 Å². The lowest BCUT2D eigenvalue weighted by molar-refractivity contribution is 0.270. The summed E-state index contributed by atoms with van der Waals surface area (Å²) >= 11 is 0. The average molecular weight is 389 g/mol. The Morgan fingerprint density at radius 3 is 2.46 bits per heavy atom. The summed E-state index contributed by atoms with van der Waals surface area (Å²) in [7, 11) is 1.82. The molecule has 1 saturated heterocycles. The molecule has 1 unspecified atom stereocenters. The molecule has 1 fully saturated rings. The topological polar surface area (TPSA) is 55.8 Å². The Morgan fingerprint density at radius 2 is 1.93 bits per heavy atom. The van der Waals surface area contributed by atoms with Crippen LogP contribution in [0.25, 0.3) is 0 Å². The number of pyridine rings is 1. The van der Waals surface area contributed by atoms with Crippen LogP contribution in [0.1, 0.15) is 53.0 Å². The Hall–Kier alpha value is -1.82. The van der Waals surface area contributed by atoms with E-state index in [0.29, 0.717) is 11.5 Å². The second kappa shape index (κ2) is 10.6. The fourth-order valence-electron chi connectivity index (χ4n) is 3.34. The average Bonchev–Trinajstić information content (AvgIpc) is 2.69. The van der Waals surface area contributed by atoms with Crippen molar-refractivity contribution in [2.24, 2.45) is 10.4 Å². The zero-order valence-electron chi connectivity index (χ0n) is 18.8. The molecule has 0 aromatic carbocycles. The number of aliphatic imine (C=N–C) groups is 1. The Bertz CT molecular complexity index is 596. The van der Waals surface area contributed by atoms with Crippen LogP contribution in [0.5, 0.6) is 0 Å². The van der Waals surface area contributed by atoms with Crippen LogP contribution in [-0.4, -0.2) is 61.7 Å². The molecule has 1 aliphatic rings. The van der Waals surface area contributed by atoms with Gasteiger partial charge in [0.05, 0.1) is 0 Å². The molecule has 0 radical (unpaired) electrons. The van der Waals surface area contributed by atoms with E-state index in [0.717, 1.165) is 57.5 Å². The van der Waals surface area contributed by atoms with Gasteiger partial charge in [-0.05, 0) is 43.4 Å². The number of guanidine groups is 1. The summed E-state index contributed by atoms with van der Waals surface area (Å²) in [5.41, 5.74) is 1.53. The van der Waals surface area contributed by atoms with E-state index >= 15 is 0 Å². The van der Waals surface area contributed by atoms with E-state index < -0.39 is 0 Å². The maximum absolute atomic E-state index is 4.68. The lowest BCUT2D eigenvalue weighted by Crippen LogP contribution is -2.46. The minimum atomic E-state index is 0.365. The molecule has 0 aliphatic carbocycles. The van der Waals surface area contributed by atoms with Gasteiger partial charge in [-0.25, -0.2) is 4.98 Å². The van der Waals surface area contributed by atoms with E-state index in [1.54, 1.807) is 0 Å². The molecule has 2 heterocycles. The highest BCUT2D eigenvalue weighted by Gasteiger charge is 2.16. The highest BCUT2D eigenvalue weighted by Crippen LogP contribution is 2.21. The number of hydrogen-bond acceptors (Lipinski definition) is 4. The maximum atomic E-state index is 4.68. The number of nitrogens with one attached hydrogen (secondary N) is 2. The molecule has 2 N–H and O–H groups in total. The fourth-order valence-corrected chi connectivity index (χ4v) is 3.34. The monoisotopic (exact) mass is 388 g/mol. The molecule has 0 saturated carbocycles. The van der Waals surface area contributed by atoms with Crippen molar-refractivity contribution in [2.45, 2.75) is 60.0 Å². The number of rotatable bonds is 7. The van der Waals surface area contributed by atoms with Crippen LogP contribution < -0.4 is 15.5 Å². The van der Waals surface area contributed by atoms with Crippen molar-refractivity contribution in [1.82, 2.24) is 20.5 Å². The molecule has 158 valence electrons. The molecule has 6 nitrogen and oxygen atoms in total. The third kappa shape index (κ3) is 7.66. The summed E-state index contributed by atoms with van der Waals surface area (Å²) in [4.78, 5) is 13.9. The Kier molecular flexibility index (Phi) is 8.55. The maximum Gasteiger partial charge on any atom is 0.191 e. The van der Waals surface area contributed by atoms with Crippen molar-refractivity contribution >= 4 is 11.8 Å². The first kappa shape index (κ1) is 22.5. The van der Waals surface area contributed by atoms with E-state index in [-0.39, 0.29) is 0 Å². The molecule has 1 aromatic rings. The van der Waals surface area contributed by atoms with Gasteiger partial charge in [0.1, 0.15) is 5.82 Å². The van der Waals surface area contributed by atoms with Gasteiger partial charge in [0.15, 0.2) is 5.96 Å². The van der Waals surface area contributed by atoms with Gasteiger partial charge in [-0.3, -0.25) is 4.99 Å². The smallest absolute Gasteiger partial charge is 0.191 e. The third-order valence-corrected chi connectivity index (χ3v) is 5.35. The molecule has 6 heteroatoms. The zero-order valence-corrected chi connectivity index (χ0v) is 18.8. The first-order valence-electron chi connectivity index (χ1n) is 10.7. The van der Waals surface area contributed by atoms with Crippen LogP contribution >= 0.6 is 0 Å². The number of nitrogens with zero attached hydrogens (tertiary/aromatic N) is 4. The Morgan fingerprint density at radius 1 is 1.21 bits per heavy atom. The van der Waals surface area contributed by atoms with Crippen molar-refractivity contribution in [3.8, 4) is 0 Å². The van der Waals surface area contributed by atoms with Gasteiger partial charge in [-0.2, -0.15) is 0 Å². The summed E-state index contributed by atoms with van der Waals surface area (Å²) in [5.74, 6) is 1.93. The minimum absolute atomic E-state index is 0.365. The molecular weight excluding hydrogens is 348 g/mol. The summed E-state index contributed by atoms with van der Waals surface area (Å²) in [6.07, 6.45) is 4.30. The van der Waals surface area contributed by atoms with Crippen molar-refractivity contribution in [3.05, 3.63) is 23.9 Å². The van der Waals surface area contributed by atoms with Crippen LogP contribution in [0.15, 0.2) is 23.3 Å². The summed E-state index contributed by atoms with van der Waals surface area (Å²) in [5, 5.41) is 6.89. The standard InChI is InChI=1S/C22H40N6/c1-7-27-12-14-28(15-13-27)20-9-8-19(16-24-20)17-25-21(23-6)26-18(2)10-11-22(3,4)5/h8-9,16,18H,7,10-15,17H2,1-6H3,(H2,23,25,26). The van der Waals surface area contributed by atoms with E-state index in [4.69, 9.17) is 0 Å². The number of piperazine rings is 1. The van der Waals surface area contributed by atoms with Crippen molar-refractivity contribution in [2.75, 3.05) is 44.7 Å². The van der Waals surface area contributed by atoms with Gasteiger partial charge >= 0.3 is 0 Å². The predicted molar refractivity (Wildman–Crippen MR) is 120 cm³/mol. The molecule has 0 spiro atoms. The van der Waals surface area contributed by atoms with Gasteiger partial charge < -0.3 is 20.4 Å². The molecule has 2 rings (SSSR count). The highest BCUT2D eigenvalue weighted by molar-refractivity contribution is 5.79. The van der Waals surface area contributed by atoms with E-state index in [2.05, 4.69) is 77.2 Å². The van der Waals surface area contributed by atoms with Gasteiger partial charge in [-0.1, -0.05) is 33.8 Å². The van der Waals surface area contributed by atoms with Crippen LogP contribution in [0.2, 0.25) is 0 Å². The number of aromatic nitrogens is 1. The Labute approximate surface area is 171 Å². The van der Waals surface area contributed by atoms with Gasteiger partial charge in [-0.15, -0.1) is 0 Å². The van der Waals surface area contributed by atoms with Crippen molar-refractivity contribution in [1.29, 1.82) is 0 Å². The molecule has 1 aliphatic heterocycles. The third-order valence-electron chi connectivity index (χ3n) is 5.35. The normalized spacial score (nSPS) is 17.5. The quantitative estimate of drug-likeness (QED) is 0.555. The predicted octanol–water partition coefficient (Wildman–Crippen LogP) is 3.10. The zero-order chi connectivity index (χ0) is 20.6. The van der Waals surface area contributed by atoms with Gasteiger partial charge in [0.2, 0.25) is 0 Å². The first-order chi connectivity index (χ1) is 13.3. The van der Waals surface area contributed by atoms with Crippen molar-refractivity contribution in [3.63, 3.8) is 0 Å². The Balaban J connectivity index is 1.78. The first-order valence-corrected chi connectivity index (χ1v) is 10.7. The van der Waals surface area contributed by atoms with E-state index in [1.165, 1.54) is 12.0 Å². The second-order valence-electron chi connectivity index (χ2n) is 9.02. The van der Waals surface area contributed by atoms with Crippen LogP contribution in [0, 0.1) is 5.41 Å². The number of likely N-dealkylation sites (N-methyl/N-ethyl adjacent to an activating group) is 1. The second-order valence-corrected chi connectivity index (χ2v) is 9.02. The summed E-state index contributed by atoms with van der Waals surface area (Å²) in [6.45, 7) is 17.5. The summed E-state index contributed by atoms with van der Waals surface area (Å²) < 4.78 is 0.